The number of ether oxygens (including phenoxy) is 1. The van der Waals surface area contributed by atoms with Gasteiger partial charge < -0.3 is 14.2 Å². The van der Waals surface area contributed by atoms with Crippen LogP contribution in [0.25, 0.3) is 0 Å². The van der Waals surface area contributed by atoms with Crippen molar-refractivity contribution in [2.24, 2.45) is 0 Å². The second kappa shape index (κ2) is 6.35. The Bertz CT molecular complexity index is 454. The Morgan fingerprint density at radius 1 is 1.25 bits per heavy atom. The first kappa shape index (κ1) is 13.5. The van der Waals surface area contributed by atoms with Gasteiger partial charge in [-0.1, -0.05) is 18.0 Å². The number of carbonyl (C=O) groups excluding carboxylic acids is 1. The first-order valence-electron chi connectivity index (χ1n) is 7.51. The summed E-state index contributed by atoms with van der Waals surface area (Å²) in [5, 5.41) is 4.03. The molecule has 2 aliphatic rings. The molecule has 0 aromatic carbocycles. The predicted molar refractivity (Wildman–Crippen MR) is 71.0 cm³/mol. The molecule has 2 fully saturated rings. The summed E-state index contributed by atoms with van der Waals surface area (Å²) in [4.78, 5) is 18.3. The number of aromatic nitrogens is 2. The molecule has 1 atom stereocenters. The van der Waals surface area contributed by atoms with Gasteiger partial charge in [-0.3, -0.25) is 4.79 Å². The van der Waals surface area contributed by atoms with Crippen LogP contribution >= 0.6 is 0 Å². The highest BCUT2D eigenvalue weighted by Gasteiger charge is 2.24. The molecule has 20 heavy (non-hydrogen) atoms. The lowest BCUT2D eigenvalue weighted by atomic mass is 10.1. The van der Waals surface area contributed by atoms with Crippen LogP contribution in [0.3, 0.4) is 0 Å². The van der Waals surface area contributed by atoms with Crippen LogP contribution in [0.4, 0.5) is 0 Å². The second-order valence-corrected chi connectivity index (χ2v) is 5.59. The molecule has 6 heteroatoms. The van der Waals surface area contributed by atoms with Crippen molar-refractivity contribution in [3.05, 3.63) is 11.7 Å². The van der Waals surface area contributed by atoms with Gasteiger partial charge in [-0.15, -0.1) is 0 Å². The van der Waals surface area contributed by atoms with Gasteiger partial charge >= 0.3 is 0 Å². The Labute approximate surface area is 118 Å². The minimum atomic E-state index is 0.202. The molecule has 1 amide bonds. The highest BCUT2D eigenvalue weighted by molar-refractivity contribution is 5.76. The van der Waals surface area contributed by atoms with E-state index in [0.29, 0.717) is 25.5 Å². The third-order valence-corrected chi connectivity index (χ3v) is 4.03. The van der Waals surface area contributed by atoms with E-state index in [-0.39, 0.29) is 11.8 Å². The number of hydrogen-bond acceptors (Lipinski definition) is 5. The van der Waals surface area contributed by atoms with Gasteiger partial charge in [0.2, 0.25) is 11.8 Å². The smallest absolute Gasteiger partial charge is 0.246 e. The zero-order valence-electron chi connectivity index (χ0n) is 11.7. The fraction of sp³-hybridized carbons (Fsp3) is 0.786. The average molecular weight is 279 g/mol. The van der Waals surface area contributed by atoms with Crippen LogP contribution in [0, 0.1) is 0 Å². The highest BCUT2D eigenvalue weighted by Crippen LogP contribution is 2.23. The van der Waals surface area contributed by atoms with Crippen molar-refractivity contribution in [2.75, 3.05) is 19.8 Å². The predicted octanol–water partition coefficient (Wildman–Crippen LogP) is 1.87. The molecular formula is C14H21N3O3. The van der Waals surface area contributed by atoms with Crippen LogP contribution in [0.2, 0.25) is 0 Å². The summed E-state index contributed by atoms with van der Waals surface area (Å²) in [6, 6.07) is 0. The maximum atomic E-state index is 12.1. The van der Waals surface area contributed by atoms with Gasteiger partial charge in [0, 0.05) is 25.5 Å². The number of rotatable bonds is 3. The van der Waals surface area contributed by atoms with Gasteiger partial charge in [-0.05, 0) is 19.3 Å². The number of nitrogens with zero attached hydrogens (tertiary/aromatic N) is 3. The van der Waals surface area contributed by atoms with E-state index in [4.69, 9.17) is 9.26 Å². The minimum absolute atomic E-state index is 0.202. The number of carbonyl (C=O) groups is 1. The van der Waals surface area contributed by atoms with Gasteiger partial charge in [0.25, 0.3) is 0 Å². The highest BCUT2D eigenvalue weighted by atomic mass is 16.5. The SMILES string of the molecule is O=C1CCCCCCN1Cc1nc([C@@H]2CCOC2)no1. The third-order valence-electron chi connectivity index (χ3n) is 4.03. The maximum absolute atomic E-state index is 12.1. The normalized spacial score (nSPS) is 24.7. The van der Waals surface area contributed by atoms with Crippen LogP contribution in [0.1, 0.15) is 56.2 Å². The average Bonchev–Trinajstić information content (AvgIpc) is 3.08. The Kier molecular flexibility index (Phi) is 4.30. The lowest BCUT2D eigenvalue weighted by Gasteiger charge is -2.23. The van der Waals surface area contributed by atoms with Crippen LogP contribution in [-0.2, 0) is 16.1 Å². The van der Waals surface area contributed by atoms with E-state index in [1.807, 2.05) is 4.90 Å². The van der Waals surface area contributed by atoms with Crippen molar-refractivity contribution in [3.8, 4) is 0 Å². The molecule has 0 radical (unpaired) electrons. The minimum Gasteiger partial charge on any atom is -0.381 e. The molecule has 0 unspecified atom stereocenters. The van der Waals surface area contributed by atoms with E-state index in [2.05, 4.69) is 10.1 Å². The summed E-state index contributed by atoms with van der Waals surface area (Å²) in [5.41, 5.74) is 0. The monoisotopic (exact) mass is 279 g/mol. The topological polar surface area (TPSA) is 68.5 Å². The molecule has 0 saturated carbocycles. The molecule has 1 aromatic heterocycles. The Balaban J connectivity index is 1.62. The molecular weight excluding hydrogens is 258 g/mol. The van der Waals surface area contributed by atoms with Crippen LogP contribution in [0.5, 0.6) is 0 Å². The Morgan fingerprint density at radius 3 is 3.00 bits per heavy atom. The van der Waals surface area contributed by atoms with E-state index in [9.17, 15) is 4.79 Å². The molecule has 1 aromatic rings. The molecule has 6 nitrogen and oxygen atoms in total. The molecule has 3 rings (SSSR count). The van der Waals surface area contributed by atoms with E-state index in [0.717, 1.165) is 44.7 Å². The molecule has 0 aliphatic carbocycles. The van der Waals surface area contributed by atoms with Crippen LogP contribution in [-0.4, -0.2) is 40.7 Å². The molecule has 2 aliphatic heterocycles. The quantitative estimate of drug-likeness (QED) is 0.844. The zero-order valence-corrected chi connectivity index (χ0v) is 11.7. The van der Waals surface area contributed by atoms with Crippen molar-refractivity contribution in [1.82, 2.24) is 15.0 Å². The van der Waals surface area contributed by atoms with E-state index in [1.54, 1.807) is 0 Å². The Morgan fingerprint density at radius 2 is 2.15 bits per heavy atom. The van der Waals surface area contributed by atoms with Crippen molar-refractivity contribution < 1.29 is 14.1 Å². The first-order chi connectivity index (χ1) is 9.83. The number of likely N-dealkylation sites (tertiary alicyclic amines) is 1. The molecule has 0 bridgehead atoms. The van der Waals surface area contributed by atoms with Gasteiger partial charge in [-0.2, -0.15) is 4.98 Å². The van der Waals surface area contributed by atoms with Gasteiger partial charge in [-0.25, -0.2) is 0 Å². The largest absolute Gasteiger partial charge is 0.381 e. The lowest BCUT2D eigenvalue weighted by molar-refractivity contribution is -0.132. The van der Waals surface area contributed by atoms with E-state index >= 15 is 0 Å². The second-order valence-electron chi connectivity index (χ2n) is 5.59. The molecule has 0 spiro atoms. The summed E-state index contributed by atoms with van der Waals surface area (Å²) in [6.45, 7) is 2.67. The first-order valence-corrected chi connectivity index (χ1v) is 7.51. The Hall–Kier alpha value is -1.43. The summed E-state index contributed by atoms with van der Waals surface area (Å²) < 4.78 is 10.6. The van der Waals surface area contributed by atoms with E-state index in [1.165, 1.54) is 6.42 Å². The standard InChI is InChI=1S/C14H21N3O3/c18-13-5-3-1-2-4-7-17(13)9-12-15-14(16-20-12)11-6-8-19-10-11/h11H,1-10H2/t11-/m1/s1. The third kappa shape index (κ3) is 3.17. The zero-order chi connectivity index (χ0) is 13.8. The van der Waals surface area contributed by atoms with Gasteiger partial charge in [0.05, 0.1) is 13.2 Å². The molecule has 0 N–H and O–H groups in total. The van der Waals surface area contributed by atoms with E-state index < -0.39 is 0 Å². The number of amides is 1. The molecule has 2 saturated heterocycles. The number of hydrogen-bond donors (Lipinski definition) is 0. The van der Waals surface area contributed by atoms with Gasteiger partial charge in [0.1, 0.15) is 0 Å². The lowest BCUT2D eigenvalue weighted by Crippen LogP contribution is -2.32. The summed E-state index contributed by atoms with van der Waals surface area (Å²) in [7, 11) is 0. The summed E-state index contributed by atoms with van der Waals surface area (Å²) >= 11 is 0. The van der Waals surface area contributed by atoms with Crippen LogP contribution < -0.4 is 0 Å². The fourth-order valence-corrected chi connectivity index (χ4v) is 2.78. The molecule has 110 valence electrons. The maximum Gasteiger partial charge on any atom is 0.246 e. The van der Waals surface area contributed by atoms with Crippen molar-refractivity contribution in [1.29, 1.82) is 0 Å². The van der Waals surface area contributed by atoms with Crippen molar-refractivity contribution >= 4 is 5.91 Å². The summed E-state index contributed by atoms with van der Waals surface area (Å²) in [6.07, 6.45) is 5.98. The summed E-state index contributed by atoms with van der Waals surface area (Å²) in [5.74, 6) is 1.71. The molecule has 3 heterocycles. The fourth-order valence-electron chi connectivity index (χ4n) is 2.78. The van der Waals surface area contributed by atoms with Crippen molar-refractivity contribution in [2.45, 2.75) is 51.0 Å². The van der Waals surface area contributed by atoms with Gasteiger partial charge in [0.15, 0.2) is 5.82 Å². The van der Waals surface area contributed by atoms with Crippen molar-refractivity contribution in [3.63, 3.8) is 0 Å². The van der Waals surface area contributed by atoms with Crippen LogP contribution in [0.15, 0.2) is 4.52 Å².